The predicted molar refractivity (Wildman–Crippen MR) is 54.9 cm³/mol. The van der Waals surface area contributed by atoms with Crippen LogP contribution in [0, 0.1) is 0 Å². The third-order valence-electron chi connectivity index (χ3n) is 1.58. The molecule has 0 atom stereocenters. The fourth-order valence-corrected chi connectivity index (χ4v) is 1.46. The molecule has 1 heterocycles. The van der Waals surface area contributed by atoms with Crippen molar-refractivity contribution in [2.24, 2.45) is 0 Å². The summed E-state index contributed by atoms with van der Waals surface area (Å²) in [5, 5.41) is 3.28. The largest absolute Gasteiger partial charge is 0.375 e. The van der Waals surface area contributed by atoms with E-state index in [0.717, 1.165) is 19.7 Å². The number of nitrogens with zero attached hydrogens (tertiary/aromatic N) is 1. The molecule has 3 nitrogen and oxygen atoms in total. The minimum atomic E-state index is 0.693. The van der Waals surface area contributed by atoms with E-state index >= 15 is 0 Å². The van der Waals surface area contributed by atoms with Gasteiger partial charge in [-0.25, -0.2) is 0 Å². The molecule has 0 aliphatic heterocycles. The molecule has 0 spiro atoms. The second-order valence-corrected chi connectivity index (χ2v) is 3.74. The smallest absolute Gasteiger partial charge is 0.0826 e. The Labute approximate surface area is 83.1 Å². The molecule has 1 aromatic rings. The highest BCUT2D eigenvalue weighted by Gasteiger charge is 1.93. The molecule has 0 bridgehead atoms. The predicted octanol–water partition coefficient (Wildman–Crippen LogP) is 1.66. The Bertz CT molecular complexity index is 201. The summed E-state index contributed by atoms with van der Waals surface area (Å²) in [5.41, 5.74) is 1.83. The molecule has 1 rings (SSSR count). The average Bonchev–Trinajstić information content (AvgIpc) is 2.63. The van der Waals surface area contributed by atoms with Gasteiger partial charge in [0.15, 0.2) is 0 Å². The van der Waals surface area contributed by atoms with Crippen LogP contribution < -0.4 is 5.32 Å². The third kappa shape index (κ3) is 4.98. The molecule has 1 aromatic heterocycles. The summed E-state index contributed by atoms with van der Waals surface area (Å²) in [6.07, 6.45) is 3.03. The van der Waals surface area contributed by atoms with Gasteiger partial charge in [0.05, 0.1) is 23.6 Å². The zero-order chi connectivity index (χ0) is 9.36. The van der Waals surface area contributed by atoms with Gasteiger partial charge in [0.2, 0.25) is 0 Å². The fourth-order valence-electron chi connectivity index (χ4n) is 0.932. The summed E-state index contributed by atoms with van der Waals surface area (Å²) >= 11 is 1.63. The highest BCUT2D eigenvalue weighted by atomic mass is 32.1. The Morgan fingerprint density at radius 3 is 3.15 bits per heavy atom. The lowest BCUT2D eigenvalue weighted by Gasteiger charge is -2.03. The summed E-state index contributed by atoms with van der Waals surface area (Å²) < 4.78 is 5.43. The number of ether oxygens (including phenoxy) is 1. The highest BCUT2D eigenvalue weighted by molar-refractivity contribution is 7.09. The Hall–Kier alpha value is -0.450. The standard InChI is InChI=1S/C9H16N2OS/c1-2-3-10-4-5-12-7-9-6-11-8-13-9/h6,8,10H,2-5,7H2,1H3. The molecule has 74 valence electrons. The maximum atomic E-state index is 5.43. The van der Waals surface area contributed by atoms with E-state index in [2.05, 4.69) is 17.2 Å². The number of hydrogen-bond donors (Lipinski definition) is 1. The first-order chi connectivity index (χ1) is 6.43. The molecular weight excluding hydrogens is 184 g/mol. The summed E-state index contributed by atoms with van der Waals surface area (Å²) in [5.74, 6) is 0. The number of rotatable bonds is 7. The van der Waals surface area contributed by atoms with Crippen LogP contribution in [0.4, 0.5) is 0 Å². The second kappa shape index (κ2) is 7.00. The average molecular weight is 200 g/mol. The maximum absolute atomic E-state index is 5.43. The molecule has 4 heteroatoms. The fraction of sp³-hybridized carbons (Fsp3) is 0.667. The molecule has 0 aliphatic carbocycles. The van der Waals surface area contributed by atoms with Crippen molar-refractivity contribution in [3.8, 4) is 0 Å². The maximum Gasteiger partial charge on any atom is 0.0826 e. The van der Waals surface area contributed by atoms with Crippen molar-refractivity contribution < 1.29 is 4.74 Å². The van der Waals surface area contributed by atoms with E-state index < -0.39 is 0 Å². The molecule has 0 aromatic carbocycles. The topological polar surface area (TPSA) is 34.1 Å². The Balaban J connectivity index is 1.90. The molecule has 0 aliphatic rings. The molecule has 0 saturated carbocycles. The Morgan fingerprint density at radius 2 is 2.46 bits per heavy atom. The molecule has 0 amide bonds. The lowest BCUT2D eigenvalue weighted by molar-refractivity contribution is 0.125. The lowest BCUT2D eigenvalue weighted by atomic mass is 10.5. The summed E-state index contributed by atoms with van der Waals surface area (Å²) in [6.45, 7) is 5.64. The van der Waals surface area contributed by atoms with Crippen molar-refractivity contribution in [2.45, 2.75) is 20.0 Å². The van der Waals surface area contributed by atoms with Gasteiger partial charge in [-0.1, -0.05) is 6.92 Å². The zero-order valence-corrected chi connectivity index (χ0v) is 8.77. The lowest BCUT2D eigenvalue weighted by Crippen LogP contribution is -2.20. The summed E-state index contributed by atoms with van der Waals surface area (Å²) in [7, 11) is 0. The monoisotopic (exact) mass is 200 g/mol. The van der Waals surface area contributed by atoms with E-state index in [1.165, 1.54) is 11.3 Å². The normalized spacial score (nSPS) is 10.5. The first-order valence-electron chi connectivity index (χ1n) is 4.59. The number of thiazole rings is 1. The van der Waals surface area contributed by atoms with E-state index in [1.54, 1.807) is 11.3 Å². The highest BCUT2D eigenvalue weighted by Crippen LogP contribution is 2.05. The Morgan fingerprint density at radius 1 is 1.54 bits per heavy atom. The van der Waals surface area contributed by atoms with Crippen LogP contribution in [0.25, 0.3) is 0 Å². The van der Waals surface area contributed by atoms with Crippen LogP contribution in [0.1, 0.15) is 18.2 Å². The van der Waals surface area contributed by atoms with Gasteiger partial charge in [0.25, 0.3) is 0 Å². The van der Waals surface area contributed by atoms with Crippen molar-refractivity contribution in [1.29, 1.82) is 0 Å². The van der Waals surface area contributed by atoms with Crippen LogP contribution in [-0.2, 0) is 11.3 Å². The zero-order valence-electron chi connectivity index (χ0n) is 7.95. The van der Waals surface area contributed by atoms with Crippen LogP contribution in [0.5, 0.6) is 0 Å². The van der Waals surface area contributed by atoms with Crippen molar-refractivity contribution in [3.63, 3.8) is 0 Å². The number of hydrogen-bond acceptors (Lipinski definition) is 4. The number of aromatic nitrogens is 1. The van der Waals surface area contributed by atoms with Crippen molar-refractivity contribution >= 4 is 11.3 Å². The first-order valence-corrected chi connectivity index (χ1v) is 5.47. The van der Waals surface area contributed by atoms with Gasteiger partial charge in [-0.05, 0) is 13.0 Å². The van der Waals surface area contributed by atoms with Gasteiger partial charge in [-0.2, -0.15) is 0 Å². The van der Waals surface area contributed by atoms with E-state index in [9.17, 15) is 0 Å². The van der Waals surface area contributed by atoms with E-state index in [-0.39, 0.29) is 0 Å². The molecule has 1 N–H and O–H groups in total. The molecule has 0 fully saturated rings. The third-order valence-corrected chi connectivity index (χ3v) is 2.33. The van der Waals surface area contributed by atoms with Crippen LogP contribution in [0.2, 0.25) is 0 Å². The van der Waals surface area contributed by atoms with E-state index in [4.69, 9.17) is 4.74 Å². The molecule has 0 saturated heterocycles. The first kappa shape index (κ1) is 10.6. The van der Waals surface area contributed by atoms with Crippen molar-refractivity contribution in [3.05, 3.63) is 16.6 Å². The van der Waals surface area contributed by atoms with Crippen molar-refractivity contribution in [1.82, 2.24) is 10.3 Å². The van der Waals surface area contributed by atoms with Crippen LogP contribution in [0.15, 0.2) is 11.7 Å². The molecule has 0 radical (unpaired) electrons. The van der Waals surface area contributed by atoms with Crippen LogP contribution in [-0.4, -0.2) is 24.7 Å². The van der Waals surface area contributed by atoms with Gasteiger partial charge in [-0.3, -0.25) is 4.98 Å². The Kier molecular flexibility index (Phi) is 5.73. The minimum absolute atomic E-state index is 0.693. The molecule has 0 unspecified atom stereocenters. The SMILES string of the molecule is CCCNCCOCc1cncs1. The van der Waals surface area contributed by atoms with Crippen molar-refractivity contribution in [2.75, 3.05) is 19.7 Å². The second-order valence-electron chi connectivity index (χ2n) is 2.77. The molecular formula is C9H16N2OS. The number of nitrogens with one attached hydrogen (secondary N) is 1. The van der Waals surface area contributed by atoms with Gasteiger partial charge in [-0.15, -0.1) is 11.3 Å². The molecule has 13 heavy (non-hydrogen) atoms. The van der Waals surface area contributed by atoms with Gasteiger partial charge >= 0.3 is 0 Å². The van der Waals surface area contributed by atoms with Crippen LogP contribution in [0.3, 0.4) is 0 Å². The van der Waals surface area contributed by atoms with Gasteiger partial charge in [0, 0.05) is 12.7 Å². The summed E-state index contributed by atoms with van der Waals surface area (Å²) in [4.78, 5) is 5.16. The summed E-state index contributed by atoms with van der Waals surface area (Å²) in [6, 6.07) is 0. The van der Waals surface area contributed by atoms with Crippen LogP contribution >= 0.6 is 11.3 Å². The van der Waals surface area contributed by atoms with Gasteiger partial charge < -0.3 is 10.1 Å². The minimum Gasteiger partial charge on any atom is -0.375 e. The quantitative estimate of drug-likeness (QED) is 0.680. The van der Waals surface area contributed by atoms with Gasteiger partial charge in [0.1, 0.15) is 0 Å². The van der Waals surface area contributed by atoms with E-state index in [0.29, 0.717) is 6.61 Å². The van der Waals surface area contributed by atoms with E-state index in [1.807, 2.05) is 11.7 Å².